The van der Waals surface area contributed by atoms with Gasteiger partial charge >= 0.3 is 0 Å². The lowest BCUT2D eigenvalue weighted by molar-refractivity contribution is -0.117. The third-order valence-corrected chi connectivity index (χ3v) is 3.67. The monoisotopic (exact) mass is 269 g/mol. The Balaban J connectivity index is 1.78. The van der Waals surface area contributed by atoms with E-state index < -0.39 is 0 Å². The molecule has 0 saturated carbocycles. The predicted octanol–water partition coefficient (Wildman–Crippen LogP) is 2.25. The molecule has 0 spiro atoms. The number of hydrogen-bond acceptors (Lipinski definition) is 5. The summed E-state index contributed by atoms with van der Waals surface area (Å²) in [5.74, 6) is 1.31. The standard InChI is InChI=1S/C12H19N3O2S/c1-2-3-10-13-12(18-15-10)14-11(16)8-9-4-6-17-7-5-9/h9H,2-8H2,1H3,(H,13,14,15,16). The number of anilines is 1. The minimum Gasteiger partial charge on any atom is -0.381 e. The molecule has 2 rings (SSSR count). The molecule has 1 aliphatic rings. The van der Waals surface area contributed by atoms with E-state index in [1.54, 1.807) is 0 Å². The van der Waals surface area contributed by atoms with Gasteiger partial charge in [0.1, 0.15) is 5.82 Å². The summed E-state index contributed by atoms with van der Waals surface area (Å²) in [5.41, 5.74) is 0. The topological polar surface area (TPSA) is 64.1 Å². The number of aromatic nitrogens is 2. The lowest BCUT2D eigenvalue weighted by Crippen LogP contribution is -2.22. The van der Waals surface area contributed by atoms with Crippen LogP contribution in [0.5, 0.6) is 0 Å². The van der Waals surface area contributed by atoms with Crippen molar-refractivity contribution in [3.63, 3.8) is 0 Å². The maximum Gasteiger partial charge on any atom is 0.226 e. The molecule has 100 valence electrons. The van der Waals surface area contributed by atoms with Crippen molar-refractivity contribution in [1.82, 2.24) is 9.36 Å². The van der Waals surface area contributed by atoms with Crippen molar-refractivity contribution in [3.05, 3.63) is 5.82 Å². The van der Waals surface area contributed by atoms with Crippen molar-refractivity contribution in [2.75, 3.05) is 18.5 Å². The first-order valence-electron chi connectivity index (χ1n) is 6.48. The van der Waals surface area contributed by atoms with E-state index in [1.165, 1.54) is 11.5 Å². The molecule has 6 heteroatoms. The molecule has 0 bridgehead atoms. The zero-order chi connectivity index (χ0) is 12.8. The number of amides is 1. The van der Waals surface area contributed by atoms with Crippen LogP contribution >= 0.6 is 11.5 Å². The van der Waals surface area contributed by atoms with Gasteiger partial charge in [0.05, 0.1) is 0 Å². The summed E-state index contributed by atoms with van der Waals surface area (Å²) in [6.07, 6.45) is 4.40. The summed E-state index contributed by atoms with van der Waals surface area (Å²) < 4.78 is 9.48. The number of hydrogen-bond donors (Lipinski definition) is 1. The minimum absolute atomic E-state index is 0.0427. The highest BCUT2D eigenvalue weighted by molar-refractivity contribution is 7.09. The first-order chi connectivity index (χ1) is 8.78. The van der Waals surface area contributed by atoms with Crippen LogP contribution < -0.4 is 5.32 Å². The molecule has 18 heavy (non-hydrogen) atoms. The molecule has 0 aromatic carbocycles. The molecule has 1 aromatic rings. The molecule has 2 heterocycles. The first-order valence-corrected chi connectivity index (χ1v) is 7.25. The largest absolute Gasteiger partial charge is 0.381 e. The van der Waals surface area contributed by atoms with Crippen molar-refractivity contribution < 1.29 is 9.53 Å². The van der Waals surface area contributed by atoms with E-state index in [-0.39, 0.29) is 5.91 Å². The Hall–Kier alpha value is -1.01. The van der Waals surface area contributed by atoms with Crippen molar-refractivity contribution >= 4 is 22.6 Å². The number of nitrogens with zero attached hydrogens (tertiary/aromatic N) is 2. The summed E-state index contributed by atoms with van der Waals surface area (Å²) in [6, 6.07) is 0. The third-order valence-electron chi connectivity index (χ3n) is 3.00. The number of aryl methyl sites for hydroxylation is 1. The van der Waals surface area contributed by atoms with E-state index in [1.807, 2.05) is 0 Å². The molecular formula is C12H19N3O2S. The van der Waals surface area contributed by atoms with Crippen molar-refractivity contribution in [2.24, 2.45) is 5.92 Å². The number of nitrogens with one attached hydrogen (secondary N) is 1. The lowest BCUT2D eigenvalue weighted by Gasteiger charge is -2.20. The van der Waals surface area contributed by atoms with Gasteiger partial charge in [-0.1, -0.05) is 6.92 Å². The number of carbonyl (C=O) groups excluding carboxylic acids is 1. The van der Waals surface area contributed by atoms with Crippen LogP contribution in [0, 0.1) is 5.92 Å². The molecule has 5 nitrogen and oxygen atoms in total. The molecular weight excluding hydrogens is 250 g/mol. The first kappa shape index (κ1) is 13.4. The fraction of sp³-hybridized carbons (Fsp3) is 0.750. The van der Waals surface area contributed by atoms with Crippen molar-refractivity contribution in [2.45, 2.75) is 39.0 Å². The molecule has 0 unspecified atom stereocenters. The molecule has 0 radical (unpaired) electrons. The Morgan fingerprint density at radius 3 is 3.00 bits per heavy atom. The van der Waals surface area contributed by atoms with E-state index in [2.05, 4.69) is 21.6 Å². The highest BCUT2D eigenvalue weighted by atomic mass is 32.1. The number of carbonyl (C=O) groups is 1. The molecule has 1 saturated heterocycles. The highest BCUT2D eigenvalue weighted by Crippen LogP contribution is 2.20. The highest BCUT2D eigenvalue weighted by Gasteiger charge is 2.18. The van der Waals surface area contributed by atoms with Gasteiger partial charge in [0.2, 0.25) is 11.0 Å². The lowest BCUT2D eigenvalue weighted by atomic mass is 9.96. The van der Waals surface area contributed by atoms with Crippen molar-refractivity contribution in [1.29, 1.82) is 0 Å². The zero-order valence-corrected chi connectivity index (χ0v) is 11.5. The molecule has 0 aliphatic carbocycles. The normalized spacial score (nSPS) is 16.7. The molecule has 1 aromatic heterocycles. The van der Waals surface area contributed by atoms with E-state index in [9.17, 15) is 4.79 Å². The van der Waals surface area contributed by atoms with Crippen LogP contribution in [0.4, 0.5) is 5.13 Å². The maximum atomic E-state index is 11.8. The summed E-state index contributed by atoms with van der Waals surface area (Å²) in [4.78, 5) is 16.1. The molecule has 1 N–H and O–H groups in total. The molecule has 0 atom stereocenters. The smallest absolute Gasteiger partial charge is 0.226 e. The SMILES string of the molecule is CCCc1nsc(NC(=O)CC2CCOCC2)n1. The fourth-order valence-electron chi connectivity index (χ4n) is 2.01. The Bertz CT molecular complexity index is 388. The van der Waals surface area contributed by atoms with Crippen LogP contribution in [0.25, 0.3) is 0 Å². The quantitative estimate of drug-likeness (QED) is 0.890. The maximum absolute atomic E-state index is 11.8. The Kier molecular flexibility index (Phi) is 5.07. The molecule has 1 aliphatic heterocycles. The van der Waals surface area contributed by atoms with Crippen LogP contribution in [0.15, 0.2) is 0 Å². The third kappa shape index (κ3) is 4.03. The summed E-state index contributed by atoms with van der Waals surface area (Å²) in [5, 5.41) is 3.45. The predicted molar refractivity (Wildman–Crippen MR) is 70.7 cm³/mol. The van der Waals surface area contributed by atoms with E-state index >= 15 is 0 Å². The van der Waals surface area contributed by atoms with Gasteiger partial charge in [0.25, 0.3) is 0 Å². The Morgan fingerprint density at radius 2 is 2.28 bits per heavy atom. The van der Waals surface area contributed by atoms with E-state index in [0.717, 1.165) is 44.7 Å². The minimum atomic E-state index is 0.0427. The van der Waals surface area contributed by atoms with Gasteiger partial charge in [-0.25, -0.2) is 4.98 Å². The van der Waals surface area contributed by atoms with Crippen LogP contribution in [0.2, 0.25) is 0 Å². The fourth-order valence-corrected chi connectivity index (χ4v) is 2.64. The van der Waals surface area contributed by atoms with Gasteiger partial charge in [0, 0.05) is 37.6 Å². The molecule has 1 fully saturated rings. The summed E-state index contributed by atoms with van der Waals surface area (Å²) >= 11 is 1.26. The second-order valence-corrected chi connectivity index (χ2v) is 5.33. The summed E-state index contributed by atoms with van der Waals surface area (Å²) in [6.45, 7) is 3.64. The Morgan fingerprint density at radius 1 is 1.50 bits per heavy atom. The van der Waals surface area contributed by atoms with Crippen LogP contribution in [-0.4, -0.2) is 28.5 Å². The van der Waals surface area contributed by atoms with Gasteiger partial charge in [-0.3, -0.25) is 4.79 Å². The van der Waals surface area contributed by atoms with Crippen LogP contribution in [0.1, 0.15) is 38.4 Å². The van der Waals surface area contributed by atoms with E-state index in [0.29, 0.717) is 17.5 Å². The Labute approximate surface area is 111 Å². The number of ether oxygens (including phenoxy) is 1. The van der Waals surface area contributed by atoms with Gasteiger partial charge < -0.3 is 10.1 Å². The summed E-state index contributed by atoms with van der Waals surface area (Å²) in [7, 11) is 0. The van der Waals surface area contributed by atoms with Gasteiger partial charge in [-0.15, -0.1) is 0 Å². The zero-order valence-electron chi connectivity index (χ0n) is 10.6. The van der Waals surface area contributed by atoms with Crippen LogP contribution in [0.3, 0.4) is 0 Å². The average Bonchev–Trinajstić information content (AvgIpc) is 2.78. The van der Waals surface area contributed by atoms with Gasteiger partial charge in [-0.2, -0.15) is 4.37 Å². The van der Waals surface area contributed by atoms with Crippen molar-refractivity contribution in [3.8, 4) is 0 Å². The second kappa shape index (κ2) is 6.80. The van der Waals surface area contributed by atoms with Crippen LogP contribution in [-0.2, 0) is 16.0 Å². The average molecular weight is 269 g/mol. The van der Waals surface area contributed by atoms with E-state index in [4.69, 9.17) is 4.74 Å². The molecule has 1 amide bonds. The van der Waals surface area contributed by atoms with Gasteiger partial charge in [0.15, 0.2) is 0 Å². The number of rotatable bonds is 5. The second-order valence-electron chi connectivity index (χ2n) is 4.57. The van der Waals surface area contributed by atoms with Gasteiger partial charge in [-0.05, 0) is 25.2 Å².